The lowest BCUT2D eigenvalue weighted by Gasteiger charge is -2.14. The maximum atomic E-state index is 11.9. The van der Waals surface area contributed by atoms with E-state index in [1.165, 1.54) is 19.1 Å². The van der Waals surface area contributed by atoms with E-state index in [0.29, 0.717) is 6.54 Å². The van der Waals surface area contributed by atoms with Crippen molar-refractivity contribution in [3.8, 4) is 0 Å². The molecule has 0 aliphatic heterocycles. The smallest absolute Gasteiger partial charge is 0.339 e. The Bertz CT molecular complexity index is 589. The number of halogens is 1. The van der Waals surface area contributed by atoms with Gasteiger partial charge in [-0.25, -0.2) is 4.79 Å². The third kappa shape index (κ3) is 5.10. The van der Waals surface area contributed by atoms with Gasteiger partial charge >= 0.3 is 5.97 Å². The van der Waals surface area contributed by atoms with Gasteiger partial charge in [0.25, 0.3) is 11.6 Å². The van der Waals surface area contributed by atoms with Gasteiger partial charge in [-0.15, -0.1) is 0 Å². The van der Waals surface area contributed by atoms with Crippen LogP contribution in [0.5, 0.6) is 0 Å². The molecule has 1 rings (SSSR count). The molecule has 0 aromatic heterocycles. The predicted octanol–water partition coefficient (Wildman–Crippen LogP) is 2.67. The highest BCUT2D eigenvalue weighted by molar-refractivity contribution is 9.10. The Labute approximate surface area is 136 Å². The lowest BCUT2D eigenvalue weighted by atomic mass is 10.2. The van der Waals surface area contributed by atoms with Crippen LogP contribution in [-0.4, -0.2) is 29.4 Å². The molecule has 1 atom stereocenters. The highest BCUT2D eigenvalue weighted by Gasteiger charge is 2.21. The number of carbonyl (C=O) groups is 2. The minimum atomic E-state index is -0.978. The summed E-state index contributed by atoms with van der Waals surface area (Å²) < 4.78 is 5.28. The van der Waals surface area contributed by atoms with Crippen molar-refractivity contribution in [1.29, 1.82) is 0 Å². The molecule has 1 aromatic carbocycles. The van der Waals surface area contributed by atoms with Gasteiger partial charge < -0.3 is 10.1 Å². The molecule has 120 valence electrons. The molecule has 1 N–H and O–H groups in total. The Morgan fingerprint density at radius 3 is 2.55 bits per heavy atom. The fraction of sp³-hybridized carbons (Fsp3) is 0.429. The van der Waals surface area contributed by atoms with E-state index in [1.807, 2.05) is 13.8 Å². The lowest BCUT2D eigenvalue weighted by Crippen LogP contribution is -2.37. The zero-order chi connectivity index (χ0) is 16.9. The first-order chi connectivity index (χ1) is 10.2. The molecule has 0 fully saturated rings. The second-order valence-electron chi connectivity index (χ2n) is 5.11. The second-order valence-corrected chi connectivity index (χ2v) is 5.96. The van der Waals surface area contributed by atoms with Gasteiger partial charge in [-0.05, 0) is 40.9 Å². The summed E-state index contributed by atoms with van der Waals surface area (Å²) in [5.74, 6) is -0.919. The number of hydrogen-bond acceptors (Lipinski definition) is 5. The predicted molar refractivity (Wildman–Crippen MR) is 83.5 cm³/mol. The van der Waals surface area contributed by atoms with Gasteiger partial charge in [0.1, 0.15) is 0 Å². The third-order valence-corrected chi connectivity index (χ3v) is 3.39. The number of amides is 1. The quantitative estimate of drug-likeness (QED) is 0.470. The van der Waals surface area contributed by atoms with Gasteiger partial charge in [-0.1, -0.05) is 13.8 Å². The molecule has 22 heavy (non-hydrogen) atoms. The van der Waals surface area contributed by atoms with Crippen LogP contribution in [0, 0.1) is 16.0 Å². The number of hydrogen-bond donors (Lipinski definition) is 1. The van der Waals surface area contributed by atoms with Crippen LogP contribution in [0.15, 0.2) is 22.7 Å². The summed E-state index contributed by atoms with van der Waals surface area (Å²) in [6.07, 6.45) is -0.978. The number of rotatable bonds is 6. The first-order valence-electron chi connectivity index (χ1n) is 6.65. The van der Waals surface area contributed by atoms with Gasteiger partial charge in [0.05, 0.1) is 15.0 Å². The van der Waals surface area contributed by atoms with E-state index in [0.717, 1.165) is 6.07 Å². The Morgan fingerprint density at radius 1 is 1.36 bits per heavy atom. The zero-order valence-electron chi connectivity index (χ0n) is 12.5. The minimum absolute atomic E-state index is 0.0124. The summed E-state index contributed by atoms with van der Waals surface area (Å²) in [6.45, 7) is 5.81. The number of nitrogens with zero attached hydrogens (tertiary/aromatic N) is 1. The van der Waals surface area contributed by atoms with E-state index in [9.17, 15) is 19.7 Å². The van der Waals surface area contributed by atoms with Crippen molar-refractivity contribution in [1.82, 2.24) is 5.32 Å². The largest absolute Gasteiger partial charge is 0.449 e. The maximum Gasteiger partial charge on any atom is 0.339 e. The fourth-order valence-electron chi connectivity index (χ4n) is 1.51. The van der Waals surface area contributed by atoms with Gasteiger partial charge in [0.15, 0.2) is 6.10 Å². The summed E-state index contributed by atoms with van der Waals surface area (Å²) in [6, 6.07) is 3.88. The monoisotopic (exact) mass is 372 g/mol. The molecule has 7 nitrogen and oxygen atoms in total. The minimum Gasteiger partial charge on any atom is -0.449 e. The summed E-state index contributed by atoms with van der Waals surface area (Å²) in [4.78, 5) is 33.9. The number of ether oxygens (including phenoxy) is 1. The molecule has 0 bridgehead atoms. The van der Waals surface area contributed by atoms with E-state index in [1.54, 1.807) is 0 Å². The standard InChI is InChI=1S/C14H17BrN2O5/c1-8(2)7-16-13(18)9(3)22-14(19)10-4-5-11(15)12(6-10)17(20)21/h4-6,8-9H,7H2,1-3H3,(H,16,18)/t9-/m1/s1. The van der Waals surface area contributed by atoms with Crippen molar-refractivity contribution < 1.29 is 19.2 Å². The summed E-state index contributed by atoms with van der Waals surface area (Å²) in [5, 5.41) is 13.5. The Hall–Kier alpha value is -1.96. The van der Waals surface area contributed by atoms with Crippen LogP contribution in [0.25, 0.3) is 0 Å². The van der Waals surface area contributed by atoms with Crippen LogP contribution in [0.3, 0.4) is 0 Å². The first kappa shape index (κ1) is 18.1. The molecule has 0 aliphatic rings. The summed E-state index contributed by atoms with van der Waals surface area (Å²) in [5.41, 5.74) is -0.232. The van der Waals surface area contributed by atoms with Crippen LogP contribution in [0.4, 0.5) is 5.69 Å². The first-order valence-corrected chi connectivity index (χ1v) is 7.44. The molecule has 0 saturated carbocycles. The molecule has 0 unspecified atom stereocenters. The highest BCUT2D eigenvalue weighted by Crippen LogP contribution is 2.26. The number of benzene rings is 1. The van der Waals surface area contributed by atoms with E-state index < -0.39 is 22.9 Å². The number of nitro benzene ring substituents is 1. The van der Waals surface area contributed by atoms with Crippen molar-refractivity contribution in [2.45, 2.75) is 26.9 Å². The van der Waals surface area contributed by atoms with Crippen molar-refractivity contribution in [3.63, 3.8) is 0 Å². The average Bonchev–Trinajstić information content (AvgIpc) is 2.44. The van der Waals surface area contributed by atoms with Crippen molar-refractivity contribution in [3.05, 3.63) is 38.3 Å². The normalized spacial score (nSPS) is 11.9. The zero-order valence-corrected chi connectivity index (χ0v) is 14.0. The lowest BCUT2D eigenvalue weighted by molar-refractivity contribution is -0.385. The summed E-state index contributed by atoms with van der Waals surface area (Å²) in [7, 11) is 0. The van der Waals surface area contributed by atoms with Gasteiger partial charge in [-0.3, -0.25) is 14.9 Å². The average molecular weight is 373 g/mol. The fourth-order valence-corrected chi connectivity index (χ4v) is 1.90. The Kier molecular flexibility index (Phi) is 6.48. The molecule has 0 spiro atoms. The number of carbonyl (C=O) groups excluding carboxylic acids is 2. The van der Waals surface area contributed by atoms with Crippen LogP contribution >= 0.6 is 15.9 Å². The maximum absolute atomic E-state index is 11.9. The molecule has 1 aromatic rings. The van der Waals surface area contributed by atoms with Crippen LogP contribution < -0.4 is 5.32 Å². The van der Waals surface area contributed by atoms with E-state index in [2.05, 4.69) is 21.2 Å². The van der Waals surface area contributed by atoms with Gasteiger partial charge in [0.2, 0.25) is 0 Å². The van der Waals surface area contributed by atoms with Crippen LogP contribution in [0.1, 0.15) is 31.1 Å². The number of nitro groups is 1. The molecule has 0 aliphatic carbocycles. The molecule has 0 heterocycles. The molecule has 1 amide bonds. The Morgan fingerprint density at radius 2 is 2.00 bits per heavy atom. The SMILES string of the molecule is CC(C)CNC(=O)[C@@H](C)OC(=O)c1ccc(Br)c([N+](=O)[O-])c1. The molecule has 0 radical (unpaired) electrons. The van der Waals surface area contributed by atoms with Gasteiger partial charge in [0, 0.05) is 12.6 Å². The molecule has 0 saturated heterocycles. The van der Waals surface area contributed by atoms with Gasteiger partial charge in [-0.2, -0.15) is 0 Å². The second kappa shape index (κ2) is 7.88. The number of nitrogens with one attached hydrogen (secondary N) is 1. The third-order valence-electron chi connectivity index (χ3n) is 2.72. The molecule has 8 heteroatoms. The van der Waals surface area contributed by atoms with Crippen LogP contribution in [-0.2, 0) is 9.53 Å². The molecular weight excluding hydrogens is 356 g/mol. The van der Waals surface area contributed by atoms with Crippen molar-refractivity contribution in [2.24, 2.45) is 5.92 Å². The van der Waals surface area contributed by atoms with E-state index >= 15 is 0 Å². The van der Waals surface area contributed by atoms with Crippen molar-refractivity contribution >= 4 is 33.5 Å². The Balaban J connectivity index is 2.74. The highest BCUT2D eigenvalue weighted by atomic mass is 79.9. The molecular formula is C14H17BrN2O5. The topological polar surface area (TPSA) is 98.5 Å². The van der Waals surface area contributed by atoms with Crippen LogP contribution in [0.2, 0.25) is 0 Å². The van der Waals surface area contributed by atoms with E-state index in [4.69, 9.17) is 4.74 Å². The van der Waals surface area contributed by atoms with Crippen molar-refractivity contribution in [2.75, 3.05) is 6.54 Å². The summed E-state index contributed by atoms with van der Waals surface area (Å²) >= 11 is 3.03. The number of esters is 1. The van der Waals surface area contributed by atoms with E-state index in [-0.39, 0.29) is 21.6 Å².